The van der Waals surface area contributed by atoms with Gasteiger partial charge in [0.2, 0.25) is 0 Å². The molecule has 1 aliphatic heterocycles. The number of cyclic esters (lactones) is 1. The smallest absolute Gasteiger partial charge is 0.339 e. The van der Waals surface area contributed by atoms with Crippen molar-refractivity contribution in [1.29, 1.82) is 0 Å². The number of fused-ring (bicyclic) bond motifs is 1. The summed E-state index contributed by atoms with van der Waals surface area (Å²) in [4.78, 5) is 25.3. The second-order valence-electron chi connectivity index (χ2n) is 6.53. The molecule has 4 rings (SSSR count). The van der Waals surface area contributed by atoms with Crippen molar-refractivity contribution < 1.29 is 14.3 Å². The first-order valence-corrected chi connectivity index (χ1v) is 9.18. The highest BCUT2D eigenvalue weighted by Gasteiger charge is 2.42. The summed E-state index contributed by atoms with van der Waals surface area (Å²) >= 11 is 3.37. The highest BCUT2D eigenvalue weighted by atomic mass is 79.9. The van der Waals surface area contributed by atoms with Gasteiger partial charge in [0, 0.05) is 12.6 Å². The molecule has 1 unspecified atom stereocenters. The number of anilines is 1. The molecule has 0 aliphatic carbocycles. The number of hydrogen-bond acceptors (Lipinski definition) is 4. The molecule has 6 nitrogen and oxygen atoms in total. The number of nitrogens with one attached hydrogen (secondary N) is 1. The van der Waals surface area contributed by atoms with Gasteiger partial charge in [-0.25, -0.2) is 9.48 Å². The topological polar surface area (TPSA) is 73.2 Å². The van der Waals surface area contributed by atoms with Crippen LogP contribution in [-0.4, -0.2) is 27.3 Å². The number of amides is 1. The molecule has 1 aromatic heterocycles. The molecule has 27 heavy (non-hydrogen) atoms. The summed E-state index contributed by atoms with van der Waals surface area (Å²) in [5.41, 5.74) is 1.31. The molecule has 3 aromatic rings. The van der Waals surface area contributed by atoms with Gasteiger partial charge in [0.1, 0.15) is 0 Å². The number of carbonyl (C=O) groups excluding carboxylic acids is 2. The van der Waals surface area contributed by atoms with Gasteiger partial charge in [0.15, 0.2) is 5.60 Å². The van der Waals surface area contributed by atoms with Crippen LogP contribution >= 0.6 is 15.9 Å². The lowest BCUT2D eigenvalue weighted by molar-refractivity contribution is -0.134. The molecule has 2 aromatic carbocycles. The lowest BCUT2D eigenvalue weighted by Crippen LogP contribution is -2.49. The van der Waals surface area contributed by atoms with Gasteiger partial charge in [-0.1, -0.05) is 30.3 Å². The van der Waals surface area contributed by atoms with Crippen LogP contribution in [0, 0.1) is 0 Å². The average Bonchev–Trinajstić information content (AvgIpc) is 3.08. The average molecular weight is 426 g/mol. The first-order chi connectivity index (χ1) is 13.0. The van der Waals surface area contributed by atoms with E-state index in [2.05, 4.69) is 26.3 Å². The minimum absolute atomic E-state index is 0.316. The maximum Gasteiger partial charge on any atom is 0.339 e. The Kier molecular flexibility index (Phi) is 4.31. The molecule has 1 N–H and O–H groups in total. The maximum atomic E-state index is 13.0. The Morgan fingerprint density at radius 2 is 1.96 bits per heavy atom. The quantitative estimate of drug-likeness (QED) is 0.648. The van der Waals surface area contributed by atoms with Gasteiger partial charge in [0.25, 0.3) is 5.91 Å². The van der Waals surface area contributed by atoms with E-state index >= 15 is 0 Å². The van der Waals surface area contributed by atoms with E-state index < -0.39 is 11.6 Å². The summed E-state index contributed by atoms with van der Waals surface area (Å²) in [6.07, 6.45) is 3.78. The Bertz CT molecular complexity index is 1050. The lowest BCUT2D eigenvalue weighted by atomic mass is 9.89. The highest BCUT2D eigenvalue weighted by molar-refractivity contribution is 9.10. The standard InChI is InChI=1S/C20H16BrN3O3/c1-20(10-13-6-2-3-7-15(13)18(25)27-20)19(26)23-16-8-4-5-9-17(16)24-12-14(21)11-22-24/h2-9,11-12H,10H2,1H3,(H,23,26). The maximum absolute atomic E-state index is 13.0. The molecular weight excluding hydrogens is 410 g/mol. The normalized spacial score (nSPS) is 18.5. The predicted molar refractivity (Wildman–Crippen MR) is 104 cm³/mol. The zero-order valence-electron chi connectivity index (χ0n) is 14.5. The van der Waals surface area contributed by atoms with Gasteiger partial charge in [-0.2, -0.15) is 5.10 Å². The number of nitrogens with zero attached hydrogens (tertiary/aromatic N) is 2. The lowest BCUT2D eigenvalue weighted by Gasteiger charge is -2.33. The van der Waals surface area contributed by atoms with Crippen LogP contribution in [0.15, 0.2) is 65.4 Å². The van der Waals surface area contributed by atoms with E-state index in [1.807, 2.05) is 30.3 Å². The summed E-state index contributed by atoms with van der Waals surface area (Å²) in [7, 11) is 0. The van der Waals surface area contributed by atoms with Crippen molar-refractivity contribution in [1.82, 2.24) is 9.78 Å². The van der Waals surface area contributed by atoms with Gasteiger partial charge >= 0.3 is 5.97 Å². The summed E-state index contributed by atoms with van der Waals surface area (Å²) in [5, 5.41) is 7.15. The Hall–Kier alpha value is -2.93. The first-order valence-electron chi connectivity index (χ1n) is 8.38. The molecular formula is C20H16BrN3O3. The predicted octanol–water partition coefficient (Wildman–Crippen LogP) is 3.75. The first kappa shape index (κ1) is 17.5. The molecule has 2 heterocycles. The van der Waals surface area contributed by atoms with E-state index in [1.165, 1.54) is 0 Å². The highest BCUT2D eigenvalue weighted by Crippen LogP contribution is 2.30. The van der Waals surface area contributed by atoms with Crippen molar-refractivity contribution in [2.45, 2.75) is 18.9 Å². The number of halogens is 1. The van der Waals surface area contributed by atoms with Crippen LogP contribution < -0.4 is 5.32 Å². The molecule has 0 radical (unpaired) electrons. The molecule has 1 atom stereocenters. The fourth-order valence-electron chi connectivity index (χ4n) is 3.13. The van der Waals surface area contributed by atoms with Gasteiger partial charge in [-0.05, 0) is 46.6 Å². The zero-order valence-corrected chi connectivity index (χ0v) is 16.1. The van der Waals surface area contributed by atoms with E-state index in [0.29, 0.717) is 23.4 Å². The van der Waals surface area contributed by atoms with Gasteiger partial charge in [-0.3, -0.25) is 4.79 Å². The fraction of sp³-hybridized carbons (Fsp3) is 0.150. The van der Waals surface area contributed by atoms with Crippen LogP contribution in [0.1, 0.15) is 22.8 Å². The molecule has 1 amide bonds. The van der Waals surface area contributed by atoms with Gasteiger partial charge in [-0.15, -0.1) is 0 Å². The number of carbonyl (C=O) groups is 2. The number of para-hydroxylation sites is 2. The van der Waals surface area contributed by atoms with Crippen LogP contribution in [0.2, 0.25) is 0 Å². The Balaban J connectivity index is 1.63. The monoisotopic (exact) mass is 425 g/mol. The second-order valence-corrected chi connectivity index (χ2v) is 7.44. The summed E-state index contributed by atoms with van der Waals surface area (Å²) in [6.45, 7) is 1.63. The number of hydrogen-bond donors (Lipinski definition) is 1. The van der Waals surface area contributed by atoms with E-state index in [-0.39, 0.29) is 5.91 Å². The minimum atomic E-state index is -1.29. The third-order valence-electron chi connectivity index (χ3n) is 4.51. The van der Waals surface area contributed by atoms with Crippen molar-refractivity contribution >= 4 is 33.5 Å². The van der Waals surface area contributed by atoms with Crippen LogP contribution in [0.3, 0.4) is 0 Å². The summed E-state index contributed by atoms with van der Waals surface area (Å²) < 4.78 is 7.99. The molecule has 7 heteroatoms. The van der Waals surface area contributed by atoms with Crippen molar-refractivity contribution in [3.05, 3.63) is 76.5 Å². The van der Waals surface area contributed by atoms with Crippen LogP contribution in [0.5, 0.6) is 0 Å². The Labute approximate surface area is 164 Å². The number of rotatable bonds is 3. The van der Waals surface area contributed by atoms with Crippen LogP contribution in [-0.2, 0) is 16.0 Å². The summed E-state index contributed by atoms with van der Waals surface area (Å²) in [5.74, 6) is -0.872. The Morgan fingerprint density at radius 3 is 2.74 bits per heavy atom. The van der Waals surface area contributed by atoms with Crippen molar-refractivity contribution in [3.8, 4) is 5.69 Å². The third kappa shape index (κ3) is 3.26. The molecule has 0 saturated carbocycles. The second kappa shape index (κ2) is 6.66. The number of esters is 1. The molecule has 136 valence electrons. The summed E-state index contributed by atoms with van der Waals surface area (Å²) in [6, 6.07) is 14.5. The molecule has 0 spiro atoms. The van der Waals surface area contributed by atoms with Gasteiger partial charge in [0.05, 0.1) is 27.6 Å². The van der Waals surface area contributed by atoms with E-state index in [4.69, 9.17) is 4.74 Å². The Morgan fingerprint density at radius 1 is 1.22 bits per heavy atom. The largest absolute Gasteiger partial charge is 0.445 e. The zero-order chi connectivity index (χ0) is 19.0. The number of ether oxygens (including phenoxy) is 1. The number of aromatic nitrogens is 2. The van der Waals surface area contributed by atoms with Crippen LogP contribution in [0.25, 0.3) is 5.69 Å². The van der Waals surface area contributed by atoms with E-state index in [0.717, 1.165) is 10.0 Å². The molecule has 0 fully saturated rings. The SMILES string of the molecule is CC1(C(=O)Nc2ccccc2-n2cc(Br)cn2)Cc2ccccc2C(=O)O1. The van der Waals surface area contributed by atoms with Gasteiger partial charge < -0.3 is 10.1 Å². The van der Waals surface area contributed by atoms with E-state index in [9.17, 15) is 9.59 Å². The van der Waals surface area contributed by atoms with Crippen molar-refractivity contribution in [2.75, 3.05) is 5.32 Å². The van der Waals surface area contributed by atoms with Crippen LogP contribution in [0.4, 0.5) is 5.69 Å². The van der Waals surface area contributed by atoms with Crippen molar-refractivity contribution in [2.24, 2.45) is 0 Å². The van der Waals surface area contributed by atoms with Crippen molar-refractivity contribution in [3.63, 3.8) is 0 Å². The van der Waals surface area contributed by atoms with E-state index in [1.54, 1.807) is 42.2 Å². The molecule has 0 bridgehead atoms. The third-order valence-corrected chi connectivity index (χ3v) is 4.92. The number of benzene rings is 2. The minimum Gasteiger partial charge on any atom is -0.445 e. The fourth-order valence-corrected chi connectivity index (χ4v) is 3.41. The molecule has 1 aliphatic rings. The molecule has 0 saturated heterocycles.